The van der Waals surface area contributed by atoms with Gasteiger partial charge in [-0.1, -0.05) is 12.0 Å². The molecule has 27 heavy (non-hydrogen) atoms. The molecule has 3 saturated heterocycles. The van der Waals surface area contributed by atoms with Gasteiger partial charge in [0.2, 0.25) is 0 Å². The predicted octanol–water partition coefficient (Wildman–Crippen LogP) is 2.81. The van der Waals surface area contributed by atoms with Crippen LogP contribution in [0.1, 0.15) is 12.8 Å². The highest BCUT2D eigenvalue weighted by Crippen LogP contribution is 2.36. The summed E-state index contributed by atoms with van der Waals surface area (Å²) in [7, 11) is 2.10. The Labute approximate surface area is 167 Å². The first-order chi connectivity index (χ1) is 13.1. The number of fused-ring (bicyclic) bond motifs is 3. The Morgan fingerprint density at radius 2 is 2.33 bits per heavy atom. The number of nitrogens with one attached hydrogen (secondary N) is 2. The van der Waals surface area contributed by atoms with E-state index < -0.39 is 0 Å². The number of terminal acetylenes is 1. The van der Waals surface area contributed by atoms with Gasteiger partial charge in [-0.2, -0.15) is 0 Å². The molecule has 4 rings (SSSR count). The number of hydrogen-bond acceptors (Lipinski definition) is 4. The molecule has 0 spiro atoms. The molecule has 3 heterocycles. The lowest BCUT2D eigenvalue weighted by Crippen LogP contribution is -2.58. The zero-order chi connectivity index (χ0) is 19.2. The molecule has 3 fully saturated rings. The van der Waals surface area contributed by atoms with E-state index in [2.05, 4.69) is 33.4 Å². The third-order valence-corrected chi connectivity index (χ3v) is 6.47. The lowest BCUT2D eigenvalue weighted by atomic mass is 9.75. The van der Waals surface area contributed by atoms with Crippen LogP contribution in [0.2, 0.25) is 0 Å². The zero-order valence-corrected chi connectivity index (χ0v) is 17.1. The minimum absolute atomic E-state index is 0.124. The smallest absolute Gasteiger partial charge is 0.319 e. The van der Waals surface area contributed by atoms with Crippen LogP contribution < -0.4 is 10.6 Å². The van der Waals surface area contributed by atoms with E-state index in [-0.39, 0.29) is 6.03 Å². The van der Waals surface area contributed by atoms with Crippen molar-refractivity contribution in [3.8, 4) is 12.3 Å². The second-order valence-corrected chi connectivity index (χ2v) is 8.54. The Bertz CT molecular complexity index is 689. The quantitative estimate of drug-likeness (QED) is 0.559. The molecule has 0 aliphatic carbocycles. The van der Waals surface area contributed by atoms with Gasteiger partial charge in [0.15, 0.2) is 0 Å². The van der Waals surface area contributed by atoms with Crippen LogP contribution in [0.15, 0.2) is 29.2 Å². The van der Waals surface area contributed by atoms with E-state index in [0.717, 1.165) is 42.6 Å². The minimum atomic E-state index is -0.124. The summed E-state index contributed by atoms with van der Waals surface area (Å²) >= 11 is 1.67. The molecular weight excluding hydrogens is 356 g/mol. The molecule has 2 N–H and O–H groups in total. The molecule has 146 valence electrons. The number of benzene rings is 1. The van der Waals surface area contributed by atoms with Crippen molar-refractivity contribution in [1.82, 2.24) is 15.1 Å². The normalized spacial score (nSPS) is 26.6. The molecule has 2 amide bonds. The SMILES string of the molecule is C#CCN(C)C[C@H]1CN2CC[C@H]1C[C@@H]2CNC(=O)Nc1cccc(SC)c1. The number of nitrogens with zero attached hydrogens (tertiary/aromatic N) is 2. The standard InChI is InChI=1S/C21H30N4OS/c1-4-9-24(2)14-17-15-25-10-8-16(17)11-19(25)13-22-21(26)23-18-6-5-7-20(12-18)27-3/h1,5-7,12,16-17,19H,8-11,13-15H2,2-3H3,(H2,22,23,26)/t16-,17-,19+/m0/s1. The number of amides is 2. The summed E-state index contributed by atoms with van der Waals surface area (Å²) in [5.74, 6) is 4.16. The number of urea groups is 1. The number of anilines is 1. The first-order valence-electron chi connectivity index (χ1n) is 9.64. The van der Waals surface area contributed by atoms with Gasteiger partial charge in [0.1, 0.15) is 0 Å². The summed E-state index contributed by atoms with van der Waals surface area (Å²) in [5.41, 5.74) is 0.835. The summed E-state index contributed by atoms with van der Waals surface area (Å²) in [6, 6.07) is 8.24. The van der Waals surface area contributed by atoms with Crippen molar-refractivity contribution < 1.29 is 4.79 Å². The molecule has 2 bridgehead atoms. The highest BCUT2D eigenvalue weighted by Gasteiger charge is 2.40. The Balaban J connectivity index is 1.45. The van der Waals surface area contributed by atoms with Crippen molar-refractivity contribution in [1.29, 1.82) is 0 Å². The van der Waals surface area contributed by atoms with Gasteiger partial charge in [-0.25, -0.2) is 4.79 Å². The number of rotatable bonds is 7. The first kappa shape index (κ1) is 20.1. The van der Waals surface area contributed by atoms with Crippen LogP contribution in [0.25, 0.3) is 0 Å². The van der Waals surface area contributed by atoms with Crippen LogP contribution in [-0.2, 0) is 0 Å². The fourth-order valence-electron chi connectivity index (χ4n) is 4.38. The summed E-state index contributed by atoms with van der Waals surface area (Å²) in [6.07, 6.45) is 9.88. The summed E-state index contributed by atoms with van der Waals surface area (Å²) in [5, 5.41) is 6.01. The zero-order valence-electron chi connectivity index (χ0n) is 16.3. The Morgan fingerprint density at radius 1 is 1.48 bits per heavy atom. The van der Waals surface area contributed by atoms with Gasteiger partial charge >= 0.3 is 6.03 Å². The average molecular weight is 387 g/mol. The van der Waals surface area contributed by atoms with Crippen LogP contribution in [0.3, 0.4) is 0 Å². The molecule has 3 aliphatic rings. The Kier molecular flexibility index (Phi) is 7.06. The van der Waals surface area contributed by atoms with Crippen LogP contribution in [0, 0.1) is 24.2 Å². The first-order valence-corrected chi connectivity index (χ1v) is 10.9. The maximum absolute atomic E-state index is 12.3. The van der Waals surface area contributed by atoms with Crippen molar-refractivity contribution >= 4 is 23.5 Å². The van der Waals surface area contributed by atoms with E-state index in [0.29, 0.717) is 25.0 Å². The third-order valence-electron chi connectivity index (χ3n) is 5.75. The minimum Gasteiger partial charge on any atom is -0.336 e. The van der Waals surface area contributed by atoms with Gasteiger partial charge in [0.05, 0.1) is 6.54 Å². The van der Waals surface area contributed by atoms with Crippen molar-refractivity contribution in [2.45, 2.75) is 23.8 Å². The number of carbonyl (C=O) groups is 1. The Morgan fingerprint density at radius 3 is 3.04 bits per heavy atom. The molecule has 1 aromatic carbocycles. The van der Waals surface area contributed by atoms with E-state index in [9.17, 15) is 4.79 Å². The van der Waals surface area contributed by atoms with Crippen LogP contribution in [0.5, 0.6) is 0 Å². The Hall–Kier alpha value is -1.68. The van der Waals surface area contributed by atoms with Crippen LogP contribution in [-0.4, -0.2) is 67.9 Å². The average Bonchev–Trinajstić information content (AvgIpc) is 2.67. The number of hydrogen-bond donors (Lipinski definition) is 2. The van der Waals surface area contributed by atoms with E-state index >= 15 is 0 Å². The maximum Gasteiger partial charge on any atom is 0.319 e. The van der Waals surface area contributed by atoms with E-state index in [4.69, 9.17) is 6.42 Å². The van der Waals surface area contributed by atoms with Gasteiger partial charge < -0.3 is 10.6 Å². The predicted molar refractivity (Wildman–Crippen MR) is 113 cm³/mol. The molecule has 3 aliphatic heterocycles. The molecule has 6 heteroatoms. The maximum atomic E-state index is 12.3. The lowest BCUT2D eigenvalue weighted by molar-refractivity contribution is -0.00692. The fourth-order valence-corrected chi connectivity index (χ4v) is 4.84. The monoisotopic (exact) mass is 386 g/mol. The van der Waals surface area contributed by atoms with Crippen LogP contribution in [0.4, 0.5) is 10.5 Å². The number of carbonyl (C=O) groups excluding carboxylic acids is 1. The van der Waals surface area contributed by atoms with Crippen molar-refractivity contribution in [2.24, 2.45) is 11.8 Å². The third kappa shape index (κ3) is 5.41. The molecule has 1 unspecified atom stereocenters. The van der Waals surface area contributed by atoms with Gasteiger partial charge in [0.25, 0.3) is 0 Å². The van der Waals surface area contributed by atoms with E-state index in [1.165, 1.54) is 6.42 Å². The number of thioether (sulfide) groups is 1. The van der Waals surface area contributed by atoms with Gasteiger partial charge in [-0.05, 0) is 62.7 Å². The fraction of sp³-hybridized carbons (Fsp3) is 0.571. The van der Waals surface area contributed by atoms with E-state index in [1.54, 1.807) is 11.8 Å². The van der Waals surface area contributed by atoms with Gasteiger partial charge in [-0.15, -0.1) is 18.2 Å². The van der Waals surface area contributed by atoms with Gasteiger partial charge in [-0.3, -0.25) is 9.80 Å². The summed E-state index contributed by atoms with van der Waals surface area (Å²) in [4.78, 5) is 18.2. The second-order valence-electron chi connectivity index (χ2n) is 7.66. The molecule has 0 aromatic heterocycles. The highest BCUT2D eigenvalue weighted by molar-refractivity contribution is 7.98. The molecule has 0 radical (unpaired) electrons. The van der Waals surface area contributed by atoms with Gasteiger partial charge in [0, 0.05) is 36.3 Å². The molecule has 0 saturated carbocycles. The van der Waals surface area contributed by atoms with E-state index in [1.807, 2.05) is 30.5 Å². The summed E-state index contributed by atoms with van der Waals surface area (Å²) in [6.45, 7) is 4.74. The van der Waals surface area contributed by atoms with Crippen molar-refractivity contribution in [2.75, 3.05) is 51.3 Å². The molecule has 1 aromatic rings. The second kappa shape index (κ2) is 9.50. The summed E-state index contributed by atoms with van der Waals surface area (Å²) < 4.78 is 0. The van der Waals surface area contributed by atoms with Crippen LogP contribution >= 0.6 is 11.8 Å². The highest BCUT2D eigenvalue weighted by atomic mass is 32.2. The topological polar surface area (TPSA) is 47.6 Å². The number of piperidine rings is 3. The molecule has 5 nitrogen and oxygen atoms in total. The lowest BCUT2D eigenvalue weighted by Gasteiger charge is -2.50. The van der Waals surface area contributed by atoms with Crippen molar-refractivity contribution in [3.05, 3.63) is 24.3 Å². The van der Waals surface area contributed by atoms with Crippen molar-refractivity contribution in [3.63, 3.8) is 0 Å². The molecule has 4 atom stereocenters. The molecular formula is C21H30N4OS. The largest absolute Gasteiger partial charge is 0.336 e.